The predicted molar refractivity (Wildman–Crippen MR) is 123 cm³/mol. The third-order valence-corrected chi connectivity index (χ3v) is 6.14. The molecule has 0 radical (unpaired) electrons. The van der Waals surface area contributed by atoms with Crippen molar-refractivity contribution < 1.29 is 9.22 Å². The van der Waals surface area contributed by atoms with Crippen LogP contribution in [0.4, 0.5) is 0 Å². The zero-order valence-electron chi connectivity index (χ0n) is 19.4. The van der Waals surface area contributed by atoms with E-state index in [0.717, 1.165) is 12.3 Å². The van der Waals surface area contributed by atoms with Crippen molar-refractivity contribution in [3.05, 3.63) is 0 Å². The van der Waals surface area contributed by atoms with E-state index in [1.165, 1.54) is 96.3 Å². The average Bonchev–Trinajstić information content (AvgIpc) is 2.58. The Kier molecular flexibility index (Phi) is 17.6. The molecule has 3 heteroatoms. The van der Waals surface area contributed by atoms with E-state index in [2.05, 4.69) is 33.5 Å². The molecule has 0 aromatic heterocycles. The van der Waals surface area contributed by atoms with Gasteiger partial charge in [-0.25, -0.2) is 0 Å². The summed E-state index contributed by atoms with van der Waals surface area (Å²) in [6.45, 7) is 10.9. The Hall–Kier alpha value is -0.313. The summed E-state index contributed by atoms with van der Waals surface area (Å²) in [7, 11) is -1.69. The Labute approximate surface area is 172 Å². The molecule has 2 nitrogen and oxygen atoms in total. The molecule has 0 aliphatic carbocycles. The summed E-state index contributed by atoms with van der Waals surface area (Å²) >= 11 is 0. The van der Waals surface area contributed by atoms with Gasteiger partial charge in [0.15, 0.2) is 0 Å². The van der Waals surface area contributed by atoms with E-state index < -0.39 is 8.32 Å². The lowest BCUT2D eigenvalue weighted by molar-refractivity contribution is -0.135. The lowest BCUT2D eigenvalue weighted by atomic mass is 9.97. The van der Waals surface area contributed by atoms with Gasteiger partial charge in [-0.05, 0) is 32.0 Å². The van der Waals surface area contributed by atoms with Crippen LogP contribution in [0.25, 0.3) is 0 Å². The van der Waals surface area contributed by atoms with Gasteiger partial charge in [-0.15, -0.1) is 0 Å². The first-order valence-corrected chi connectivity index (χ1v) is 15.5. The number of hydrogen-bond acceptors (Lipinski definition) is 2. The van der Waals surface area contributed by atoms with Crippen molar-refractivity contribution in [1.82, 2.24) is 0 Å². The van der Waals surface area contributed by atoms with Crippen LogP contribution in [0.3, 0.4) is 0 Å². The van der Waals surface area contributed by atoms with Gasteiger partial charge in [0.05, 0.1) is 0 Å². The smallest absolute Gasteiger partial charge is 0.292 e. The standard InChI is InChI=1S/C24H50O2Si/c1-6-7-20-23(2)21-18-16-14-12-10-8-9-11-13-15-17-19-22-24(25)26-27(3,4)5/h23H,6-22H2,1-5H3. The van der Waals surface area contributed by atoms with Crippen molar-refractivity contribution in [1.29, 1.82) is 0 Å². The zero-order chi connectivity index (χ0) is 20.4. The van der Waals surface area contributed by atoms with Crippen LogP contribution in [0.15, 0.2) is 0 Å². The normalized spacial score (nSPS) is 12.9. The molecule has 0 N–H and O–H groups in total. The summed E-state index contributed by atoms with van der Waals surface area (Å²) in [6, 6.07) is 0. The monoisotopic (exact) mass is 398 g/mol. The predicted octanol–water partition coefficient (Wildman–Crippen LogP) is 8.65. The molecule has 0 aliphatic rings. The maximum atomic E-state index is 11.6. The van der Waals surface area contributed by atoms with Gasteiger partial charge in [0, 0.05) is 6.42 Å². The van der Waals surface area contributed by atoms with Crippen molar-refractivity contribution >= 4 is 14.3 Å². The first-order valence-electron chi connectivity index (χ1n) is 12.1. The van der Waals surface area contributed by atoms with Crippen LogP contribution in [0.5, 0.6) is 0 Å². The number of carbonyl (C=O) groups is 1. The lowest BCUT2D eigenvalue weighted by Crippen LogP contribution is -2.28. The Morgan fingerprint density at radius 2 is 1.11 bits per heavy atom. The van der Waals surface area contributed by atoms with Crippen molar-refractivity contribution in [3.63, 3.8) is 0 Å². The molecule has 0 aromatic rings. The van der Waals surface area contributed by atoms with Crippen LogP contribution in [0.2, 0.25) is 19.6 Å². The maximum Gasteiger partial charge on any atom is 0.292 e. The molecule has 0 saturated heterocycles. The van der Waals surface area contributed by atoms with E-state index in [4.69, 9.17) is 4.43 Å². The maximum absolute atomic E-state index is 11.6. The summed E-state index contributed by atoms with van der Waals surface area (Å²) in [4.78, 5) is 11.6. The second kappa shape index (κ2) is 17.8. The van der Waals surface area contributed by atoms with Crippen LogP contribution in [-0.2, 0) is 9.22 Å². The SMILES string of the molecule is CCCCC(C)CCCCCCCCCCCCCCC(=O)O[Si](C)(C)C. The van der Waals surface area contributed by atoms with Crippen LogP contribution in [-0.4, -0.2) is 14.3 Å². The third-order valence-electron chi connectivity index (χ3n) is 5.30. The molecule has 27 heavy (non-hydrogen) atoms. The molecule has 0 bridgehead atoms. The molecular formula is C24H50O2Si. The van der Waals surface area contributed by atoms with Gasteiger partial charge in [-0.1, -0.05) is 110 Å². The van der Waals surface area contributed by atoms with Gasteiger partial charge in [0.2, 0.25) is 8.32 Å². The van der Waals surface area contributed by atoms with E-state index in [9.17, 15) is 4.79 Å². The largest absolute Gasteiger partial charge is 0.520 e. The van der Waals surface area contributed by atoms with Gasteiger partial charge in [0.1, 0.15) is 0 Å². The van der Waals surface area contributed by atoms with Crippen molar-refractivity contribution in [3.8, 4) is 0 Å². The molecule has 0 aromatic carbocycles. The van der Waals surface area contributed by atoms with E-state index in [1.54, 1.807) is 0 Å². The summed E-state index contributed by atoms with van der Waals surface area (Å²) in [6.07, 6.45) is 22.4. The molecule has 1 atom stereocenters. The van der Waals surface area contributed by atoms with Crippen LogP contribution >= 0.6 is 0 Å². The van der Waals surface area contributed by atoms with Crippen molar-refractivity contribution in [2.75, 3.05) is 0 Å². The summed E-state index contributed by atoms with van der Waals surface area (Å²) in [5.74, 6) is 0.959. The Balaban J connectivity index is 3.20. The topological polar surface area (TPSA) is 26.3 Å². The minimum atomic E-state index is -1.69. The second-order valence-corrected chi connectivity index (χ2v) is 14.0. The first-order chi connectivity index (χ1) is 12.8. The fourth-order valence-corrected chi connectivity index (χ4v) is 4.40. The molecular weight excluding hydrogens is 348 g/mol. The van der Waals surface area contributed by atoms with Crippen molar-refractivity contribution in [2.24, 2.45) is 5.92 Å². The minimum Gasteiger partial charge on any atom is -0.520 e. The summed E-state index contributed by atoms with van der Waals surface area (Å²) in [5.41, 5.74) is 0. The first kappa shape index (κ1) is 26.7. The highest BCUT2D eigenvalue weighted by Crippen LogP contribution is 2.17. The minimum absolute atomic E-state index is 0.0181. The fraction of sp³-hybridized carbons (Fsp3) is 0.958. The highest BCUT2D eigenvalue weighted by Gasteiger charge is 2.19. The molecule has 0 amide bonds. The van der Waals surface area contributed by atoms with Crippen LogP contribution < -0.4 is 0 Å². The Morgan fingerprint density at radius 1 is 0.704 bits per heavy atom. The quantitative estimate of drug-likeness (QED) is 0.161. The molecule has 0 spiro atoms. The number of hydrogen-bond donors (Lipinski definition) is 0. The highest BCUT2D eigenvalue weighted by atomic mass is 28.4. The molecule has 0 heterocycles. The molecule has 0 fully saturated rings. The Morgan fingerprint density at radius 3 is 1.56 bits per heavy atom. The van der Waals surface area contributed by atoms with Crippen LogP contribution in [0, 0.1) is 5.92 Å². The van der Waals surface area contributed by atoms with E-state index in [0.29, 0.717) is 6.42 Å². The summed E-state index contributed by atoms with van der Waals surface area (Å²) < 4.78 is 5.47. The van der Waals surface area contributed by atoms with Crippen molar-refractivity contribution in [2.45, 2.75) is 143 Å². The highest BCUT2D eigenvalue weighted by molar-refractivity contribution is 6.71. The van der Waals surface area contributed by atoms with E-state index in [-0.39, 0.29) is 5.97 Å². The fourth-order valence-electron chi connectivity index (χ4n) is 3.62. The number of rotatable bonds is 19. The molecule has 1 unspecified atom stereocenters. The average molecular weight is 399 g/mol. The van der Waals surface area contributed by atoms with E-state index >= 15 is 0 Å². The van der Waals surface area contributed by atoms with Gasteiger partial charge in [-0.3, -0.25) is 4.79 Å². The summed E-state index contributed by atoms with van der Waals surface area (Å²) in [5, 5.41) is 0. The number of unbranched alkanes of at least 4 members (excludes halogenated alkanes) is 12. The number of carbonyl (C=O) groups excluding carboxylic acids is 1. The molecule has 162 valence electrons. The van der Waals surface area contributed by atoms with Gasteiger partial charge in [0.25, 0.3) is 5.97 Å². The van der Waals surface area contributed by atoms with Crippen LogP contribution in [0.1, 0.15) is 123 Å². The Bertz CT molecular complexity index is 336. The van der Waals surface area contributed by atoms with Gasteiger partial charge < -0.3 is 4.43 Å². The lowest BCUT2D eigenvalue weighted by Gasteiger charge is -2.17. The molecule has 0 aliphatic heterocycles. The van der Waals surface area contributed by atoms with Gasteiger partial charge >= 0.3 is 0 Å². The third kappa shape index (κ3) is 21.8. The molecule has 0 rings (SSSR count). The van der Waals surface area contributed by atoms with Gasteiger partial charge in [-0.2, -0.15) is 0 Å². The zero-order valence-corrected chi connectivity index (χ0v) is 20.4. The second-order valence-electron chi connectivity index (χ2n) is 9.62. The van der Waals surface area contributed by atoms with E-state index in [1.807, 2.05) is 0 Å². The molecule has 0 saturated carbocycles.